The summed E-state index contributed by atoms with van der Waals surface area (Å²) in [7, 11) is -4.77. The van der Waals surface area contributed by atoms with E-state index in [4.69, 9.17) is 19.3 Å². The maximum atomic E-state index is 12.4. The van der Waals surface area contributed by atoms with Crippen molar-refractivity contribution in [2.75, 3.05) is 13.2 Å². The van der Waals surface area contributed by atoms with Gasteiger partial charge < -0.3 is 19.3 Å². The number of rotatable bonds is 35. The fraction of sp³-hybridized carbons (Fsp3) is 0.628. The second-order valence-electron chi connectivity index (χ2n) is 12.9. The molecule has 0 aliphatic carbocycles. The molecule has 0 fully saturated rings. The zero-order valence-electron chi connectivity index (χ0n) is 32.4. The first-order valence-corrected chi connectivity index (χ1v) is 21.4. The van der Waals surface area contributed by atoms with Crippen molar-refractivity contribution in [1.82, 2.24) is 0 Å². The van der Waals surface area contributed by atoms with Crippen molar-refractivity contribution in [2.24, 2.45) is 0 Å². The van der Waals surface area contributed by atoms with Crippen LogP contribution in [-0.2, 0) is 28.2 Å². The smallest absolute Gasteiger partial charge is 0.462 e. The van der Waals surface area contributed by atoms with E-state index in [0.717, 1.165) is 89.9 Å². The monoisotopic (exact) mass is 746 g/mol. The van der Waals surface area contributed by atoms with E-state index in [2.05, 4.69) is 103 Å². The molecule has 0 aromatic rings. The summed E-state index contributed by atoms with van der Waals surface area (Å²) in [5.41, 5.74) is 0. The minimum atomic E-state index is -4.77. The molecule has 1 unspecified atom stereocenters. The molecule has 0 amide bonds. The lowest BCUT2D eigenvalue weighted by Crippen LogP contribution is -2.29. The Morgan fingerprint density at radius 2 is 0.923 bits per heavy atom. The number of phosphoric ester groups is 1. The summed E-state index contributed by atoms with van der Waals surface area (Å²) in [5, 5.41) is 0. The highest BCUT2D eigenvalue weighted by Gasteiger charge is 2.22. The number of carbonyl (C=O) groups is 2. The number of hydrogen-bond donors (Lipinski definition) is 2. The molecule has 0 aromatic heterocycles. The number of carbonyl (C=O) groups excluding carboxylic acids is 2. The molecular formula is C43H71O8P. The average Bonchev–Trinajstić information content (AvgIpc) is 3.11. The molecule has 0 radical (unpaired) electrons. The van der Waals surface area contributed by atoms with E-state index < -0.39 is 32.5 Å². The molecule has 0 rings (SSSR count). The van der Waals surface area contributed by atoms with Crippen LogP contribution in [0.4, 0.5) is 0 Å². The third-order valence-corrected chi connectivity index (χ3v) is 8.38. The van der Waals surface area contributed by atoms with Gasteiger partial charge in [-0.1, -0.05) is 137 Å². The second-order valence-corrected chi connectivity index (χ2v) is 14.1. The van der Waals surface area contributed by atoms with Crippen LogP contribution in [-0.4, -0.2) is 41.0 Å². The predicted molar refractivity (Wildman–Crippen MR) is 216 cm³/mol. The lowest BCUT2D eigenvalue weighted by molar-refractivity contribution is -0.161. The van der Waals surface area contributed by atoms with Crippen molar-refractivity contribution in [1.29, 1.82) is 0 Å². The molecule has 296 valence electrons. The summed E-state index contributed by atoms with van der Waals surface area (Å²) < 4.78 is 26.3. The van der Waals surface area contributed by atoms with Gasteiger partial charge in [-0.05, 0) is 89.9 Å². The van der Waals surface area contributed by atoms with Gasteiger partial charge in [0.15, 0.2) is 6.10 Å². The third kappa shape index (κ3) is 40.0. The van der Waals surface area contributed by atoms with Gasteiger partial charge in [0.05, 0.1) is 6.61 Å². The molecule has 0 saturated carbocycles. The lowest BCUT2D eigenvalue weighted by atomic mass is 10.1. The predicted octanol–water partition coefficient (Wildman–Crippen LogP) is 12.1. The van der Waals surface area contributed by atoms with E-state index in [1.54, 1.807) is 0 Å². The van der Waals surface area contributed by atoms with E-state index in [1.807, 2.05) is 0 Å². The first-order valence-electron chi connectivity index (χ1n) is 19.9. The highest BCUT2D eigenvalue weighted by atomic mass is 31.2. The summed E-state index contributed by atoms with van der Waals surface area (Å²) in [5.74, 6) is -0.947. The standard InChI is InChI=1S/C43H71O8P/c1-3-5-7-9-11-13-15-17-19-20-21-22-24-26-28-30-32-34-36-38-43(45)51-41(40-50-52(46,47)48)39-49-42(44)37-35-33-31-29-27-25-23-18-16-14-12-10-8-6-4-2/h5,7,11-14,17-19,21-23,26,28,41H,3-4,6,8-10,15-16,20,24-25,27,29-40H2,1-2H3,(H2,46,47,48)/b7-5-,13-11-,14-12-,19-17-,22-21-,23-18-,28-26-. The fourth-order valence-corrected chi connectivity index (χ4v) is 5.32. The number of phosphoric acid groups is 1. The van der Waals surface area contributed by atoms with Gasteiger partial charge in [-0.2, -0.15) is 0 Å². The summed E-state index contributed by atoms with van der Waals surface area (Å²) in [4.78, 5) is 42.8. The van der Waals surface area contributed by atoms with Gasteiger partial charge in [-0.3, -0.25) is 14.1 Å². The summed E-state index contributed by atoms with van der Waals surface area (Å²) in [6.45, 7) is 3.49. The van der Waals surface area contributed by atoms with Crippen LogP contribution in [0.25, 0.3) is 0 Å². The van der Waals surface area contributed by atoms with Crippen molar-refractivity contribution in [3.05, 3.63) is 85.1 Å². The number of hydrogen-bond acceptors (Lipinski definition) is 6. The molecule has 1 atom stereocenters. The van der Waals surface area contributed by atoms with Crippen molar-refractivity contribution in [3.8, 4) is 0 Å². The van der Waals surface area contributed by atoms with E-state index in [-0.39, 0.29) is 19.4 Å². The van der Waals surface area contributed by atoms with Crippen molar-refractivity contribution < 1.29 is 37.9 Å². The Balaban J connectivity index is 4.07. The van der Waals surface area contributed by atoms with Crippen molar-refractivity contribution >= 4 is 19.8 Å². The molecule has 52 heavy (non-hydrogen) atoms. The second kappa shape index (κ2) is 38.0. The van der Waals surface area contributed by atoms with Gasteiger partial charge in [-0.25, -0.2) is 4.57 Å². The molecule has 0 aliphatic rings. The topological polar surface area (TPSA) is 119 Å². The normalized spacial score (nSPS) is 13.4. The van der Waals surface area contributed by atoms with E-state index in [1.165, 1.54) is 25.7 Å². The van der Waals surface area contributed by atoms with E-state index in [0.29, 0.717) is 12.8 Å². The van der Waals surface area contributed by atoms with E-state index in [9.17, 15) is 14.2 Å². The molecule has 0 aliphatic heterocycles. The lowest BCUT2D eigenvalue weighted by Gasteiger charge is -2.18. The maximum Gasteiger partial charge on any atom is 0.469 e. The molecule has 0 aromatic carbocycles. The van der Waals surface area contributed by atoms with Crippen LogP contribution >= 0.6 is 7.82 Å². The molecule has 0 saturated heterocycles. The Bertz CT molecular complexity index is 1110. The Morgan fingerprint density at radius 3 is 1.40 bits per heavy atom. The quantitative estimate of drug-likeness (QED) is 0.0285. The SMILES string of the molecule is CC/C=C\C/C=C\C/C=C\C/C=C\C/C=C\CCCCCC(=O)OC(COC(=O)CCCCCCC/C=C\C/C=C\CCCCC)COP(=O)(O)O. The highest BCUT2D eigenvalue weighted by Crippen LogP contribution is 2.36. The first-order chi connectivity index (χ1) is 25.3. The summed E-state index contributed by atoms with van der Waals surface area (Å²) in [6, 6.07) is 0. The largest absolute Gasteiger partial charge is 0.469 e. The first kappa shape index (κ1) is 49.2. The maximum absolute atomic E-state index is 12.4. The zero-order chi connectivity index (χ0) is 38.2. The van der Waals surface area contributed by atoms with Crippen LogP contribution in [0.3, 0.4) is 0 Å². The molecule has 2 N–H and O–H groups in total. The fourth-order valence-electron chi connectivity index (χ4n) is 4.96. The highest BCUT2D eigenvalue weighted by molar-refractivity contribution is 7.46. The Labute approximate surface area is 316 Å². The average molecular weight is 747 g/mol. The van der Waals surface area contributed by atoms with Gasteiger partial charge >= 0.3 is 19.8 Å². The molecule has 0 heterocycles. The Hall–Kier alpha value is -2.77. The van der Waals surface area contributed by atoms with Crippen LogP contribution in [0.1, 0.15) is 155 Å². The Kier molecular flexibility index (Phi) is 35.9. The van der Waals surface area contributed by atoms with Gasteiger partial charge in [-0.15, -0.1) is 0 Å². The number of ether oxygens (including phenoxy) is 2. The van der Waals surface area contributed by atoms with Crippen molar-refractivity contribution in [2.45, 2.75) is 161 Å². The van der Waals surface area contributed by atoms with E-state index >= 15 is 0 Å². The molecular weight excluding hydrogens is 675 g/mol. The molecule has 8 nitrogen and oxygen atoms in total. The van der Waals surface area contributed by atoms with Crippen LogP contribution in [0, 0.1) is 0 Å². The summed E-state index contributed by atoms with van der Waals surface area (Å²) >= 11 is 0. The Morgan fingerprint density at radius 1 is 0.519 bits per heavy atom. The minimum absolute atomic E-state index is 0.165. The van der Waals surface area contributed by atoms with Crippen molar-refractivity contribution in [3.63, 3.8) is 0 Å². The molecule has 9 heteroatoms. The zero-order valence-corrected chi connectivity index (χ0v) is 33.3. The van der Waals surface area contributed by atoms with Crippen LogP contribution in [0.2, 0.25) is 0 Å². The molecule has 0 bridgehead atoms. The van der Waals surface area contributed by atoms with Crippen LogP contribution < -0.4 is 0 Å². The third-order valence-electron chi connectivity index (χ3n) is 7.90. The van der Waals surface area contributed by atoms with Gasteiger partial charge in [0.1, 0.15) is 6.61 Å². The van der Waals surface area contributed by atoms with Crippen LogP contribution in [0.5, 0.6) is 0 Å². The van der Waals surface area contributed by atoms with Gasteiger partial charge in [0.25, 0.3) is 0 Å². The number of allylic oxidation sites excluding steroid dienone is 14. The molecule has 0 spiro atoms. The number of esters is 2. The minimum Gasteiger partial charge on any atom is -0.462 e. The van der Waals surface area contributed by atoms with Gasteiger partial charge in [0.2, 0.25) is 0 Å². The van der Waals surface area contributed by atoms with Crippen LogP contribution in [0.15, 0.2) is 85.1 Å². The van der Waals surface area contributed by atoms with Gasteiger partial charge in [0, 0.05) is 12.8 Å². The number of unbranched alkanes of at least 4 members (excludes halogenated alkanes) is 11. The summed E-state index contributed by atoms with van der Waals surface area (Å²) in [6.07, 6.45) is 50.1.